The van der Waals surface area contributed by atoms with Crippen molar-refractivity contribution < 1.29 is 5.11 Å². The van der Waals surface area contributed by atoms with Gasteiger partial charge >= 0.3 is 0 Å². The van der Waals surface area contributed by atoms with E-state index in [0.717, 1.165) is 17.7 Å². The van der Waals surface area contributed by atoms with Crippen LogP contribution in [0.4, 0.5) is 5.82 Å². The number of benzene rings is 1. The summed E-state index contributed by atoms with van der Waals surface area (Å²) in [7, 11) is 0. The molecular weight excluding hydrogens is 240 g/mol. The molecule has 0 saturated heterocycles. The molecule has 102 valence electrons. The third-order valence-corrected chi connectivity index (χ3v) is 3.23. The summed E-state index contributed by atoms with van der Waals surface area (Å²) < 4.78 is 0. The van der Waals surface area contributed by atoms with E-state index < -0.39 is 0 Å². The number of aliphatic hydroxyl groups excluding tert-OH is 1. The topological polar surface area (TPSA) is 56.3 Å². The molecule has 0 unspecified atom stereocenters. The van der Waals surface area contributed by atoms with Gasteiger partial charge in [0.15, 0.2) is 0 Å². The summed E-state index contributed by atoms with van der Waals surface area (Å²) in [4.78, 5) is 17.1. The largest absolute Gasteiger partial charge is 0.396 e. The zero-order chi connectivity index (χ0) is 13.8. The van der Waals surface area contributed by atoms with Gasteiger partial charge in [0.1, 0.15) is 5.82 Å². The molecule has 0 bridgehead atoms. The summed E-state index contributed by atoms with van der Waals surface area (Å²) in [6, 6.07) is 9.82. The highest BCUT2D eigenvalue weighted by Gasteiger charge is 2.12. The van der Waals surface area contributed by atoms with E-state index in [1.54, 1.807) is 0 Å². The first-order chi connectivity index (χ1) is 9.13. The Morgan fingerprint density at radius 2 is 2.05 bits per heavy atom. The maximum atomic E-state index is 12.1. The Morgan fingerprint density at radius 1 is 1.32 bits per heavy atom. The molecule has 0 saturated carbocycles. The molecule has 4 heteroatoms. The summed E-state index contributed by atoms with van der Waals surface area (Å²) in [6.45, 7) is 5.03. The maximum absolute atomic E-state index is 12.1. The Balaban J connectivity index is 2.45. The average Bonchev–Trinajstić information content (AvgIpc) is 2.39. The van der Waals surface area contributed by atoms with Crippen molar-refractivity contribution in [1.29, 1.82) is 0 Å². The van der Waals surface area contributed by atoms with E-state index >= 15 is 0 Å². The van der Waals surface area contributed by atoms with E-state index in [4.69, 9.17) is 5.11 Å². The number of pyridine rings is 1. The van der Waals surface area contributed by atoms with Crippen molar-refractivity contribution in [2.75, 3.05) is 18.1 Å². The molecule has 0 spiro atoms. The molecule has 1 aromatic carbocycles. The van der Waals surface area contributed by atoms with Crippen molar-refractivity contribution in [3.05, 3.63) is 40.7 Å². The minimum atomic E-state index is -0.0669. The Bertz CT molecular complexity index is 604. The molecule has 4 nitrogen and oxygen atoms in total. The summed E-state index contributed by atoms with van der Waals surface area (Å²) in [5.41, 5.74) is -0.0669. The van der Waals surface area contributed by atoms with Crippen LogP contribution >= 0.6 is 0 Å². The van der Waals surface area contributed by atoms with Gasteiger partial charge in [-0.25, -0.2) is 0 Å². The van der Waals surface area contributed by atoms with E-state index in [1.165, 1.54) is 0 Å². The lowest BCUT2D eigenvalue weighted by Crippen LogP contribution is -2.34. The minimum Gasteiger partial charge on any atom is -0.396 e. The van der Waals surface area contributed by atoms with Gasteiger partial charge in [0.2, 0.25) is 0 Å². The summed E-state index contributed by atoms with van der Waals surface area (Å²) >= 11 is 0. The first-order valence-corrected chi connectivity index (χ1v) is 6.63. The first-order valence-electron chi connectivity index (χ1n) is 6.63. The fourth-order valence-electron chi connectivity index (χ4n) is 2.25. The van der Waals surface area contributed by atoms with Gasteiger partial charge in [-0.05, 0) is 37.8 Å². The zero-order valence-electron chi connectivity index (χ0n) is 11.4. The standard InChI is InChI=1S/C15H20N2O2/c1-11(2)17(8-5-9-18)14-10-12-6-3-4-7-13(12)15(19)16-14/h3-4,6-7,10-11,18H,5,8-9H2,1-2H3,(H,16,19). The van der Waals surface area contributed by atoms with Crippen LogP contribution in [-0.4, -0.2) is 29.3 Å². The van der Waals surface area contributed by atoms with E-state index in [2.05, 4.69) is 23.7 Å². The lowest BCUT2D eigenvalue weighted by Gasteiger charge is -2.28. The lowest BCUT2D eigenvalue weighted by atomic mass is 10.1. The molecule has 0 amide bonds. The number of hydrogen-bond donors (Lipinski definition) is 2. The van der Waals surface area contributed by atoms with Crippen molar-refractivity contribution in [3.63, 3.8) is 0 Å². The molecule has 1 aromatic heterocycles. The molecule has 0 aliphatic rings. The minimum absolute atomic E-state index is 0.0669. The number of nitrogens with one attached hydrogen (secondary N) is 1. The van der Waals surface area contributed by atoms with Crippen molar-refractivity contribution in [2.24, 2.45) is 0 Å². The van der Waals surface area contributed by atoms with Gasteiger partial charge in [-0.3, -0.25) is 4.79 Å². The molecule has 0 aliphatic heterocycles. The number of H-pyrrole nitrogens is 1. The van der Waals surface area contributed by atoms with Gasteiger partial charge in [0.05, 0.1) is 0 Å². The van der Waals surface area contributed by atoms with Gasteiger partial charge in [0, 0.05) is 24.6 Å². The maximum Gasteiger partial charge on any atom is 0.257 e. The normalized spacial score (nSPS) is 11.2. The molecular formula is C15H20N2O2. The summed E-state index contributed by atoms with van der Waals surface area (Å²) in [5.74, 6) is 0.812. The monoisotopic (exact) mass is 260 g/mol. The predicted octanol–water partition coefficient (Wildman–Crippen LogP) is 2.13. The molecule has 0 atom stereocenters. The molecule has 0 fully saturated rings. The number of aromatic nitrogens is 1. The Kier molecular flexibility index (Phi) is 4.22. The summed E-state index contributed by atoms with van der Waals surface area (Å²) in [6.07, 6.45) is 0.688. The quantitative estimate of drug-likeness (QED) is 0.866. The second-order valence-electron chi connectivity index (χ2n) is 4.94. The van der Waals surface area contributed by atoms with Crippen LogP contribution in [-0.2, 0) is 0 Å². The second kappa shape index (κ2) is 5.89. The van der Waals surface area contributed by atoms with E-state index in [9.17, 15) is 4.79 Å². The van der Waals surface area contributed by atoms with E-state index in [1.807, 2.05) is 30.3 Å². The molecule has 1 heterocycles. The fourth-order valence-corrected chi connectivity index (χ4v) is 2.25. The van der Waals surface area contributed by atoms with Gasteiger partial charge < -0.3 is 15.0 Å². The smallest absolute Gasteiger partial charge is 0.257 e. The van der Waals surface area contributed by atoms with Crippen LogP contribution < -0.4 is 10.5 Å². The van der Waals surface area contributed by atoms with Gasteiger partial charge in [0.25, 0.3) is 5.56 Å². The second-order valence-corrected chi connectivity index (χ2v) is 4.94. The SMILES string of the molecule is CC(C)N(CCCO)c1cc2ccccc2c(=O)[nH]1. The highest BCUT2D eigenvalue weighted by molar-refractivity contribution is 5.83. The number of aliphatic hydroxyl groups is 1. The van der Waals surface area contributed by atoms with Crippen molar-refractivity contribution in [1.82, 2.24) is 4.98 Å². The van der Waals surface area contributed by atoms with Crippen molar-refractivity contribution in [3.8, 4) is 0 Å². The molecule has 0 aliphatic carbocycles. The number of hydrogen-bond acceptors (Lipinski definition) is 3. The number of rotatable bonds is 5. The van der Waals surface area contributed by atoms with Crippen LogP contribution in [0.1, 0.15) is 20.3 Å². The number of fused-ring (bicyclic) bond motifs is 1. The Morgan fingerprint density at radius 3 is 2.74 bits per heavy atom. The Labute approximate surface area is 112 Å². The van der Waals surface area contributed by atoms with Crippen LogP contribution in [0, 0.1) is 0 Å². The van der Waals surface area contributed by atoms with Crippen LogP contribution in [0.3, 0.4) is 0 Å². The third kappa shape index (κ3) is 2.96. The summed E-state index contributed by atoms with van der Waals surface area (Å²) in [5, 5.41) is 10.6. The van der Waals surface area contributed by atoms with Crippen LogP contribution in [0.5, 0.6) is 0 Å². The van der Waals surface area contributed by atoms with Crippen molar-refractivity contribution >= 4 is 16.6 Å². The third-order valence-electron chi connectivity index (χ3n) is 3.23. The average molecular weight is 260 g/mol. The number of nitrogens with zero attached hydrogens (tertiary/aromatic N) is 1. The lowest BCUT2D eigenvalue weighted by molar-refractivity contribution is 0.288. The fraction of sp³-hybridized carbons (Fsp3) is 0.400. The molecule has 0 radical (unpaired) electrons. The molecule has 2 aromatic rings. The predicted molar refractivity (Wildman–Crippen MR) is 78.8 cm³/mol. The molecule has 2 N–H and O–H groups in total. The highest BCUT2D eigenvalue weighted by Crippen LogP contribution is 2.18. The highest BCUT2D eigenvalue weighted by atomic mass is 16.3. The Hall–Kier alpha value is -1.81. The molecule has 19 heavy (non-hydrogen) atoms. The van der Waals surface area contributed by atoms with E-state index in [-0.39, 0.29) is 18.2 Å². The van der Waals surface area contributed by atoms with Gasteiger partial charge in [-0.15, -0.1) is 0 Å². The number of anilines is 1. The zero-order valence-corrected chi connectivity index (χ0v) is 11.4. The van der Waals surface area contributed by atoms with Crippen LogP contribution in [0.15, 0.2) is 35.1 Å². The van der Waals surface area contributed by atoms with Gasteiger partial charge in [-0.2, -0.15) is 0 Å². The van der Waals surface area contributed by atoms with Crippen LogP contribution in [0.25, 0.3) is 10.8 Å². The van der Waals surface area contributed by atoms with Gasteiger partial charge in [-0.1, -0.05) is 18.2 Å². The number of aromatic amines is 1. The molecule has 2 rings (SSSR count). The first kappa shape index (κ1) is 13.6. The van der Waals surface area contributed by atoms with Crippen molar-refractivity contribution in [2.45, 2.75) is 26.3 Å². The van der Waals surface area contributed by atoms with E-state index in [0.29, 0.717) is 11.8 Å². The van der Waals surface area contributed by atoms with Crippen LogP contribution in [0.2, 0.25) is 0 Å².